The van der Waals surface area contributed by atoms with E-state index in [2.05, 4.69) is 17.3 Å². The molecule has 2 fully saturated rings. The molecule has 2 aliphatic heterocycles. The number of carbonyl (C=O) groups is 1. The number of hydrogen-bond donors (Lipinski definition) is 0. The molecule has 1 aromatic carbocycles. The molecule has 0 aliphatic carbocycles. The number of hydrogen-bond acceptors (Lipinski definition) is 5. The number of fused-ring (bicyclic) bond motifs is 1. The molecule has 2 saturated heterocycles. The maximum absolute atomic E-state index is 12.6. The molecule has 1 aromatic heterocycles. The van der Waals surface area contributed by atoms with Crippen LogP contribution in [-0.2, 0) is 15.4 Å². The first-order valence-electron chi connectivity index (χ1n) is 8.61. The number of aromatic nitrogens is 1. The van der Waals surface area contributed by atoms with Gasteiger partial charge in [-0.1, -0.05) is 35.5 Å². The van der Waals surface area contributed by atoms with Gasteiger partial charge in [-0.05, 0) is 12.0 Å². The summed E-state index contributed by atoms with van der Waals surface area (Å²) < 4.78 is 30.9. The Morgan fingerprint density at radius 2 is 2.00 bits per heavy atom. The molecule has 0 spiro atoms. The summed E-state index contributed by atoms with van der Waals surface area (Å²) in [6, 6.07) is 11.6. The smallest absolute Gasteiger partial charge is 0.292 e. The lowest BCUT2D eigenvalue weighted by Gasteiger charge is -2.43. The van der Waals surface area contributed by atoms with Crippen molar-refractivity contribution in [1.82, 2.24) is 14.4 Å². The van der Waals surface area contributed by atoms with Crippen molar-refractivity contribution >= 4 is 15.9 Å². The van der Waals surface area contributed by atoms with Gasteiger partial charge in [0.1, 0.15) is 0 Å². The minimum atomic E-state index is -3.29. The second-order valence-electron chi connectivity index (χ2n) is 7.15. The largest absolute Gasteiger partial charge is 0.351 e. The first-order valence-corrected chi connectivity index (χ1v) is 10.5. The average molecular weight is 375 g/mol. The van der Waals surface area contributed by atoms with Crippen molar-refractivity contribution in [3.8, 4) is 0 Å². The zero-order valence-corrected chi connectivity index (χ0v) is 15.4. The Kier molecular flexibility index (Phi) is 4.11. The van der Waals surface area contributed by atoms with Crippen LogP contribution in [0.5, 0.6) is 0 Å². The number of likely N-dealkylation sites (tertiary alicyclic amines) is 1. The number of nitrogens with zero attached hydrogens (tertiary/aromatic N) is 3. The molecule has 138 valence electrons. The van der Waals surface area contributed by atoms with Crippen molar-refractivity contribution in [2.45, 2.75) is 11.8 Å². The molecule has 2 unspecified atom stereocenters. The van der Waals surface area contributed by atoms with Crippen molar-refractivity contribution in [1.29, 1.82) is 0 Å². The van der Waals surface area contributed by atoms with Gasteiger partial charge >= 0.3 is 0 Å². The number of rotatable bonds is 3. The number of carbonyl (C=O) groups excluding carboxylic acids is 1. The highest BCUT2D eigenvalue weighted by Gasteiger charge is 2.53. The quantitative estimate of drug-likeness (QED) is 0.809. The van der Waals surface area contributed by atoms with Gasteiger partial charge in [-0.25, -0.2) is 12.7 Å². The Labute approximate surface area is 152 Å². The molecule has 0 saturated carbocycles. The van der Waals surface area contributed by atoms with Crippen LogP contribution in [0, 0.1) is 5.92 Å². The molecule has 2 aliphatic rings. The number of benzene rings is 1. The molecule has 0 radical (unpaired) electrons. The van der Waals surface area contributed by atoms with Crippen LogP contribution in [0.3, 0.4) is 0 Å². The van der Waals surface area contributed by atoms with Crippen molar-refractivity contribution in [3.05, 3.63) is 53.9 Å². The van der Waals surface area contributed by atoms with Gasteiger partial charge in [-0.2, -0.15) is 0 Å². The van der Waals surface area contributed by atoms with Gasteiger partial charge in [0.15, 0.2) is 0 Å². The molecular weight excluding hydrogens is 354 g/mol. The van der Waals surface area contributed by atoms with Crippen LogP contribution in [0.4, 0.5) is 0 Å². The first-order chi connectivity index (χ1) is 12.4. The van der Waals surface area contributed by atoms with Gasteiger partial charge in [-0.3, -0.25) is 4.79 Å². The minimum absolute atomic E-state index is 0.0419. The second-order valence-corrected chi connectivity index (χ2v) is 9.13. The van der Waals surface area contributed by atoms with Crippen LogP contribution in [-0.4, -0.2) is 61.1 Å². The fourth-order valence-corrected chi connectivity index (χ4v) is 5.21. The fraction of sp³-hybridized carbons (Fsp3) is 0.444. The normalized spacial score (nSPS) is 26.7. The summed E-state index contributed by atoms with van der Waals surface area (Å²) in [4.78, 5) is 14.4. The lowest BCUT2D eigenvalue weighted by molar-refractivity contribution is 0.0562. The molecule has 4 rings (SSSR count). The maximum atomic E-state index is 12.6. The highest BCUT2D eigenvalue weighted by molar-refractivity contribution is 7.88. The SMILES string of the molecule is CS(=O)(=O)N1CC2CN(C(=O)c3ccno3)CCC2(c2ccccc2)C1. The molecule has 3 heterocycles. The standard InChI is InChI=1S/C18H21N3O4S/c1-26(23,24)21-12-15-11-20(17(22)16-7-9-19-25-16)10-8-18(15,13-21)14-5-3-2-4-6-14/h2-7,9,15H,8,10-13H2,1H3. The molecule has 8 heteroatoms. The minimum Gasteiger partial charge on any atom is -0.351 e. The van der Waals surface area contributed by atoms with E-state index in [0.29, 0.717) is 32.6 Å². The van der Waals surface area contributed by atoms with E-state index in [1.807, 2.05) is 18.2 Å². The summed E-state index contributed by atoms with van der Waals surface area (Å²) >= 11 is 0. The molecule has 2 aromatic rings. The van der Waals surface area contributed by atoms with E-state index in [1.54, 1.807) is 15.3 Å². The van der Waals surface area contributed by atoms with Crippen molar-refractivity contribution in [3.63, 3.8) is 0 Å². The Bertz CT molecular complexity index is 898. The highest BCUT2D eigenvalue weighted by Crippen LogP contribution is 2.46. The molecule has 7 nitrogen and oxygen atoms in total. The van der Waals surface area contributed by atoms with Crippen molar-refractivity contribution in [2.75, 3.05) is 32.4 Å². The monoisotopic (exact) mass is 375 g/mol. The fourth-order valence-electron chi connectivity index (χ4n) is 4.30. The van der Waals surface area contributed by atoms with Crippen LogP contribution in [0.2, 0.25) is 0 Å². The van der Waals surface area contributed by atoms with E-state index >= 15 is 0 Å². The molecule has 0 N–H and O–H groups in total. The van der Waals surface area contributed by atoms with Crippen LogP contribution in [0.1, 0.15) is 22.5 Å². The third-order valence-electron chi connectivity index (χ3n) is 5.69. The van der Waals surface area contributed by atoms with Gasteiger partial charge in [0, 0.05) is 43.6 Å². The predicted octanol–water partition coefficient (Wildman–Crippen LogP) is 1.35. The van der Waals surface area contributed by atoms with Gasteiger partial charge in [0.25, 0.3) is 5.91 Å². The average Bonchev–Trinajstić information content (AvgIpc) is 3.29. The molecule has 26 heavy (non-hydrogen) atoms. The molecule has 2 atom stereocenters. The summed E-state index contributed by atoms with van der Waals surface area (Å²) in [5, 5.41) is 3.60. The summed E-state index contributed by atoms with van der Waals surface area (Å²) in [7, 11) is -3.29. The first kappa shape index (κ1) is 17.2. The number of piperidine rings is 1. The van der Waals surface area contributed by atoms with Gasteiger partial charge in [0.05, 0.1) is 12.5 Å². The third-order valence-corrected chi connectivity index (χ3v) is 6.90. The Morgan fingerprint density at radius 3 is 2.65 bits per heavy atom. The van der Waals surface area contributed by atoms with E-state index in [-0.39, 0.29) is 23.0 Å². The van der Waals surface area contributed by atoms with Crippen molar-refractivity contribution in [2.24, 2.45) is 5.92 Å². The summed E-state index contributed by atoms with van der Waals surface area (Å²) in [5.74, 6) is 0.0670. The Morgan fingerprint density at radius 1 is 1.23 bits per heavy atom. The zero-order chi connectivity index (χ0) is 18.4. The van der Waals surface area contributed by atoms with E-state index in [4.69, 9.17) is 4.52 Å². The Hall–Kier alpha value is -2.19. The Balaban J connectivity index is 1.66. The highest BCUT2D eigenvalue weighted by atomic mass is 32.2. The van der Waals surface area contributed by atoms with Crippen LogP contribution in [0.15, 0.2) is 47.1 Å². The van der Waals surface area contributed by atoms with E-state index in [1.165, 1.54) is 12.5 Å². The number of sulfonamides is 1. The predicted molar refractivity (Wildman–Crippen MR) is 95.1 cm³/mol. The lowest BCUT2D eigenvalue weighted by Crippen LogP contribution is -2.51. The van der Waals surface area contributed by atoms with Crippen LogP contribution >= 0.6 is 0 Å². The maximum Gasteiger partial charge on any atom is 0.292 e. The van der Waals surface area contributed by atoms with Crippen LogP contribution in [0.25, 0.3) is 0 Å². The molecule has 1 amide bonds. The third kappa shape index (κ3) is 2.83. The number of amides is 1. The van der Waals surface area contributed by atoms with Crippen molar-refractivity contribution < 1.29 is 17.7 Å². The second kappa shape index (κ2) is 6.21. The van der Waals surface area contributed by atoms with Gasteiger partial charge < -0.3 is 9.42 Å². The van der Waals surface area contributed by atoms with E-state index < -0.39 is 10.0 Å². The molecular formula is C18H21N3O4S. The van der Waals surface area contributed by atoms with Crippen LogP contribution < -0.4 is 0 Å². The van der Waals surface area contributed by atoms with Gasteiger partial charge in [0.2, 0.25) is 15.8 Å². The lowest BCUT2D eigenvalue weighted by atomic mass is 9.68. The zero-order valence-electron chi connectivity index (χ0n) is 14.5. The van der Waals surface area contributed by atoms with E-state index in [0.717, 1.165) is 5.56 Å². The topological polar surface area (TPSA) is 83.7 Å². The van der Waals surface area contributed by atoms with Gasteiger partial charge in [-0.15, -0.1) is 0 Å². The molecule has 0 bridgehead atoms. The summed E-state index contributed by atoms with van der Waals surface area (Å²) in [6.45, 7) is 1.95. The summed E-state index contributed by atoms with van der Waals surface area (Å²) in [6.07, 6.45) is 3.42. The summed E-state index contributed by atoms with van der Waals surface area (Å²) in [5.41, 5.74) is 0.880. The van der Waals surface area contributed by atoms with E-state index in [9.17, 15) is 13.2 Å².